The molecular formula is C16H24ClNO2. The summed E-state index contributed by atoms with van der Waals surface area (Å²) in [5.41, 5.74) is 0.832. The highest BCUT2D eigenvalue weighted by molar-refractivity contribution is 6.31. The molecule has 1 saturated heterocycles. The quantitative estimate of drug-likeness (QED) is 0.875. The van der Waals surface area contributed by atoms with Crippen molar-refractivity contribution in [1.82, 2.24) is 4.90 Å². The van der Waals surface area contributed by atoms with Crippen molar-refractivity contribution >= 4 is 11.6 Å². The number of ether oxygens (including phenoxy) is 1. The Bertz CT molecular complexity index is 405. The second-order valence-electron chi connectivity index (χ2n) is 5.32. The van der Waals surface area contributed by atoms with Crippen LogP contribution < -0.4 is 0 Å². The summed E-state index contributed by atoms with van der Waals surface area (Å²) in [7, 11) is 0. The molecule has 1 unspecified atom stereocenters. The van der Waals surface area contributed by atoms with Crippen LogP contribution in [-0.4, -0.2) is 42.4 Å². The Hall–Kier alpha value is -0.610. The van der Waals surface area contributed by atoms with E-state index in [-0.39, 0.29) is 0 Å². The van der Waals surface area contributed by atoms with E-state index in [9.17, 15) is 5.11 Å². The average Bonchev–Trinajstić information content (AvgIpc) is 2.47. The van der Waals surface area contributed by atoms with Gasteiger partial charge < -0.3 is 14.7 Å². The zero-order valence-corrected chi connectivity index (χ0v) is 12.9. The molecule has 112 valence electrons. The third kappa shape index (κ3) is 4.45. The van der Waals surface area contributed by atoms with Crippen LogP contribution in [0.1, 0.15) is 37.9 Å². The molecule has 4 heteroatoms. The summed E-state index contributed by atoms with van der Waals surface area (Å²) in [5.74, 6) is 0. The van der Waals surface area contributed by atoms with Crippen molar-refractivity contribution in [2.45, 2.75) is 38.4 Å². The van der Waals surface area contributed by atoms with Gasteiger partial charge in [0.1, 0.15) is 0 Å². The van der Waals surface area contributed by atoms with Gasteiger partial charge in [0.25, 0.3) is 0 Å². The lowest BCUT2D eigenvalue weighted by atomic mass is 10.0. The highest BCUT2D eigenvalue weighted by Gasteiger charge is 2.20. The first-order valence-corrected chi connectivity index (χ1v) is 7.85. The molecule has 0 saturated carbocycles. The number of hydrogen-bond donors (Lipinski definition) is 1. The largest absolute Gasteiger partial charge is 0.388 e. The summed E-state index contributed by atoms with van der Waals surface area (Å²) in [4.78, 5) is 2.40. The van der Waals surface area contributed by atoms with E-state index >= 15 is 0 Å². The summed E-state index contributed by atoms with van der Waals surface area (Å²) >= 11 is 6.10. The van der Waals surface area contributed by atoms with Gasteiger partial charge in [-0.05, 0) is 37.8 Å². The number of benzene rings is 1. The number of piperidine rings is 1. The molecule has 0 spiro atoms. The third-order valence-electron chi connectivity index (χ3n) is 3.92. The van der Waals surface area contributed by atoms with Crippen LogP contribution in [0.4, 0.5) is 0 Å². The van der Waals surface area contributed by atoms with Crippen LogP contribution in [0.3, 0.4) is 0 Å². The molecule has 3 nitrogen and oxygen atoms in total. The van der Waals surface area contributed by atoms with E-state index in [4.69, 9.17) is 16.3 Å². The smallest absolute Gasteiger partial charge is 0.0816 e. The molecule has 1 heterocycles. The van der Waals surface area contributed by atoms with Gasteiger partial charge in [-0.1, -0.05) is 29.8 Å². The minimum absolute atomic E-state index is 0.421. The maximum atomic E-state index is 10.2. The Kier molecular flexibility index (Phi) is 6.30. The molecular weight excluding hydrogens is 274 g/mol. The second-order valence-corrected chi connectivity index (χ2v) is 5.73. The lowest BCUT2D eigenvalue weighted by molar-refractivity contribution is 0.0112. The van der Waals surface area contributed by atoms with Gasteiger partial charge in [-0.3, -0.25) is 0 Å². The minimum Gasteiger partial charge on any atom is -0.388 e. The molecule has 1 aromatic carbocycles. The first-order valence-electron chi connectivity index (χ1n) is 7.47. The van der Waals surface area contributed by atoms with E-state index in [0.29, 0.717) is 11.1 Å². The van der Waals surface area contributed by atoms with Crippen molar-refractivity contribution in [3.8, 4) is 0 Å². The van der Waals surface area contributed by atoms with Crippen LogP contribution in [-0.2, 0) is 4.74 Å². The summed E-state index contributed by atoms with van der Waals surface area (Å²) in [6.45, 7) is 5.87. The van der Waals surface area contributed by atoms with Gasteiger partial charge >= 0.3 is 0 Å². The van der Waals surface area contributed by atoms with E-state index < -0.39 is 6.10 Å². The van der Waals surface area contributed by atoms with E-state index in [1.54, 1.807) is 0 Å². The number of halogens is 1. The van der Waals surface area contributed by atoms with E-state index in [0.717, 1.165) is 51.1 Å². The second kappa shape index (κ2) is 7.99. The predicted molar refractivity (Wildman–Crippen MR) is 82.1 cm³/mol. The molecule has 0 bridgehead atoms. The maximum absolute atomic E-state index is 10.2. The van der Waals surface area contributed by atoms with Crippen molar-refractivity contribution in [1.29, 1.82) is 0 Å². The summed E-state index contributed by atoms with van der Waals surface area (Å²) in [6, 6.07) is 7.52. The zero-order valence-electron chi connectivity index (χ0n) is 12.1. The van der Waals surface area contributed by atoms with Crippen LogP contribution in [0.15, 0.2) is 24.3 Å². The van der Waals surface area contributed by atoms with Crippen molar-refractivity contribution in [2.24, 2.45) is 0 Å². The molecule has 2 rings (SSSR count). The van der Waals surface area contributed by atoms with E-state index in [2.05, 4.69) is 4.90 Å². The molecule has 0 aliphatic carbocycles. The number of aliphatic hydroxyl groups excluding tert-OH is 1. The van der Waals surface area contributed by atoms with E-state index in [1.807, 2.05) is 31.2 Å². The average molecular weight is 298 g/mol. The van der Waals surface area contributed by atoms with Crippen molar-refractivity contribution < 1.29 is 9.84 Å². The molecule has 1 fully saturated rings. The Balaban J connectivity index is 1.75. The van der Waals surface area contributed by atoms with Gasteiger partial charge in [0.15, 0.2) is 0 Å². The number of hydrogen-bond acceptors (Lipinski definition) is 3. The highest BCUT2D eigenvalue weighted by Crippen LogP contribution is 2.25. The van der Waals surface area contributed by atoms with Crippen molar-refractivity contribution in [2.75, 3.05) is 26.2 Å². The lowest BCUT2D eigenvalue weighted by Crippen LogP contribution is -2.38. The SMILES string of the molecule is CCOC1CCN(CCC(O)c2ccccc2Cl)CC1. The van der Waals surface area contributed by atoms with Crippen LogP contribution in [0.5, 0.6) is 0 Å². The standard InChI is InChI=1S/C16H24ClNO2/c1-2-20-13-7-10-18(11-8-13)12-9-16(19)14-5-3-4-6-15(14)17/h3-6,13,16,19H,2,7-12H2,1H3. The summed E-state index contributed by atoms with van der Waals surface area (Å²) in [5, 5.41) is 10.9. The van der Waals surface area contributed by atoms with Crippen molar-refractivity contribution in [3.63, 3.8) is 0 Å². The number of rotatable bonds is 6. The fraction of sp³-hybridized carbons (Fsp3) is 0.625. The first kappa shape index (κ1) is 15.8. The molecule has 1 aromatic rings. The third-order valence-corrected chi connectivity index (χ3v) is 4.26. The van der Waals surface area contributed by atoms with Crippen LogP contribution in [0.25, 0.3) is 0 Å². The zero-order chi connectivity index (χ0) is 14.4. The molecule has 1 aliphatic rings. The van der Waals surface area contributed by atoms with Crippen LogP contribution >= 0.6 is 11.6 Å². The van der Waals surface area contributed by atoms with Gasteiger partial charge in [-0.2, -0.15) is 0 Å². The fourth-order valence-corrected chi connectivity index (χ4v) is 3.00. The summed E-state index contributed by atoms with van der Waals surface area (Å²) in [6.07, 6.45) is 2.85. The van der Waals surface area contributed by atoms with Crippen molar-refractivity contribution in [3.05, 3.63) is 34.9 Å². The first-order chi connectivity index (χ1) is 9.70. The summed E-state index contributed by atoms with van der Waals surface area (Å²) < 4.78 is 5.65. The number of likely N-dealkylation sites (tertiary alicyclic amines) is 1. The van der Waals surface area contributed by atoms with Crippen LogP contribution in [0, 0.1) is 0 Å². The van der Waals surface area contributed by atoms with Gasteiger partial charge in [0, 0.05) is 31.3 Å². The monoisotopic (exact) mass is 297 g/mol. The molecule has 20 heavy (non-hydrogen) atoms. The number of nitrogens with zero attached hydrogens (tertiary/aromatic N) is 1. The van der Waals surface area contributed by atoms with Crippen LogP contribution in [0.2, 0.25) is 5.02 Å². The predicted octanol–water partition coefficient (Wildman–Crippen LogP) is 3.26. The fourth-order valence-electron chi connectivity index (χ4n) is 2.74. The minimum atomic E-state index is -0.478. The molecule has 1 N–H and O–H groups in total. The normalized spacial score (nSPS) is 19.1. The van der Waals surface area contributed by atoms with Gasteiger partial charge in [-0.25, -0.2) is 0 Å². The maximum Gasteiger partial charge on any atom is 0.0816 e. The highest BCUT2D eigenvalue weighted by atomic mass is 35.5. The molecule has 1 atom stereocenters. The van der Waals surface area contributed by atoms with E-state index in [1.165, 1.54) is 0 Å². The lowest BCUT2D eigenvalue weighted by Gasteiger charge is -2.32. The topological polar surface area (TPSA) is 32.7 Å². The molecule has 0 radical (unpaired) electrons. The van der Waals surface area contributed by atoms with Gasteiger partial charge in [0.2, 0.25) is 0 Å². The Morgan fingerprint density at radius 2 is 2.05 bits per heavy atom. The Labute approximate surface area is 126 Å². The molecule has 1 aliphatic heterocycles. The van der Waals surface area contributed by atoms with Gasteiger partial charge in [0.05, 0.1) is 12.2 Å². The molecule has 0 aromatic heterocycles. The number of aliphatic hydroxyl groups is 1. The molecule has 0 amide bonds. The van der Waals surface area contributed by atoms with Gasteiger partial charge in [-0.15, -0.1) is 0 Å². The Morgan fingerprint density at radius 3 is 2.70 bits per heavy atom. The Morgan fingerprint density at radius 1 is 1.35 bits per heavy atom.